The second-order valence-electron chi connectivity index (χ2n) is 5.31. The maximum atomic E-state index is 10.6. The van der Waals surface area contributed by atoms with Gasteiger partial charge in [-0.25, -0.2) is 0 Å². The van der Waals surface area contributed by atoms with Crippen LogP contribution in [0.4, 0.5) is 5.69 Å². The van der Waals surface area contributed by atoms with E-state index in [-0.39, 0.29) is 10.6 Å². The Balaban J connectivity index is 1.81. The molecule has 0 radical (unpaired) electrons. The Kier molecular flexibility index (Phi) is 4.75. The van der Waals surface area contributed by atoms with Crippen molar-refractivity contribution in [1.29, 1.82) is 0 Å². The molecule has 0 aliphatic rings. The molecule has 2 aromatic rings. The van der Waals surface area contributed by atoms with Crippen molar-refractivity contribution < 1.29 is 4.92 Å². The minimum atomic E-state index is -0.372. The van der Waals surface area contributed by atoms with Gasteiger partial charge in [0.05, 0.1) is 4.92 Å². The molecule has 0 aliphatic carbocycles. The number of nitro groups is 1. The van der Waals surface area contributed by atoms with E-state index in [0.717, 1.165) is 25.1 Å². The fourth-order valence-electron chi connectivity index (χ4n) is 2.35. The van der Waals surface area contributed by atoms with Gasteiger partial charge in [0.1, 0.15) is 0 Å². The molecule has 0 saturated carbocycles. The molecule has 5 heteroatoms. The van der Waals surface area contributed by atoms with Crippen LogP contribution in [0.2, 0.25) is 0 Å². The first-order chi connectivity index (χ1) is 9.99. The van der Waals surface area contributed by atoms with Gasteiger partial charge in [-0.05, 0) is 44.0 Å². The first-order valence-corrected chi connectivity index (χ1v) is 7.05. The van der Waals surface area contributed by atoms with E-state index >= 15 is 0 Å². The van der Waals surface area contributed by atoms with Crippen LogP contribution in [0.3, 0.4) is 0 Å². The van der Waals surface area contributed by atoms with Crippen molar-refractivity contribution in [2.75, 3.05) is 6.54 Å². The van der Waals surface area contributed by atoms with Gasteiger partial charge in [0, 0.05) is 37.1 Å². The molecule has 0 bridgehead atoms. The second-order valence-corrected chi connectivity index (χ2v) is 5.31. The quantitative estimate of drug-likeness (QED) is 0.505. The van der Waals surface area contributed by atoms with Crippen LogP contribution < -0.4 is 5.32 Å². The number of rotatable bonds is 6. The van der Waals surface area contributed by atoms with Gasteiger partial charge in [0.2, 0.25) is 0 Å². The van der Waals surface area contributed by atoms with E-state index in [9.17, 15) is 10.1 Å². The summed E-state index contributed by atoms with van der Waals surface area (Å²) in [4.78, 5) is 10.2. The average Bonchev–Trinajstić information content (AvgIpc) is 2.71. The summed E-state index contributed by atoms with van der Waals surface area (Å²) in [5, 5.41) is 14.0. The molecule has 0 amide bonds. The Labute approximate surface area is 124 Å². The zero-order chi connectivity index (χ0) is 15.4. The third-order valence-electron chi connectivity index (χ3n) is 3.93. The number of nitrogens with one attached hydrogen (secondary N) is 1. The highest BCUT2D eigenvalue weighted by Crippen LogP contribution is 2.13. The molecule has 1 aromatic heterocycles. The highest BCUT2D eigenvalue weighted by molar-refractivity contribution is 5.33. The van der Waals surface area contributed by atoms with Crippen LogP contribution in [0, 0.1) is 24.0 Å². The van der Waals surface area contributed by atoms with E-state index in [4.69, 9.17) is 0 Å². The number of nitrogens with zero attached hydrogens (tertiary/aromatic N) is 2. The molecule has 112 valence electrons. The smallest absolute Gasteiger partial charge is 0.269 e. The maximum Gasteiger partial charge on any atom is 0.269 e. The largest absolute Gasteiger partial charge is 0.352 e. The van der Waals surface area contributed by atoms with E-state index in [0.29, 0.717) is 0 Å². The third kappa shape index (κ3) is 3.70. The summed E-state index contributed by atoms with van der Waals surface area (Å²) in [7, 11) is 2.07. The van der Waals surface area contributed by atoms with Crippen LogP contribution >= 0.6 is 0 Å². The van der Waals surface area contributed by atoms with Crippen LogP contribution in [0.25, 0.3) is 0 Å². The van der Waals surface area contributed by atoms with Gasteiger partial charge in [0.25, 0.3) is 5.69 Å². The average molecular weight is 287 g/mol. The lowest BCUT2D eigenvalue weighted by atomic mass is 10.1. The van der Waals surface area contributed by atoms with Crippen molar-refractivity contribution in [3.8, 4) is 0 Å². The minimum Gasteiger partial charge on any atom is -0.352 e. The first-order valence-electron chi connectivity index (χ1n) is 7.05. The molecule has 1 N–H and O–H groups in total. The molecule has 0 fully saturated rings. The number of hydrogen-bond donors (Lipinski definition) is 1. The van der Waals surface area contributed by atoms with E-state index in [1.54, 1.807) is 12.1 Å². The van der Waals surface area contributed by atoms with E-state index < -0.39 is 0 Å². The summed E-state index contributed by atoms with van der Waals surface area (Å²) in [6.07, 6.45) is 0.864. The fraction of sp³-hybridized carbons (Fsp3) is 0.375. The Morgan fingerprint density at radius 3 is 2.43 bits per heavy atom. The Hall–Kier alpha value is -2.14. The van der Waals surface area contributed by atoms with Gasteiger partial charge < -0.3 is 9.88 Å². The summed E-state index contributed by atoms with van der Waals surface area (Å²) < 4.78 is 2.19. The van der Waals surface area contributed by atoms with Gasteiger partial charge in [-0.15, -0.1) is 0 Å². The molecule has 0 aliphatic heterocycles. The molecule has 0 unspecified atom stereocenters. The summed E-state index contributed by atoms with van der Waals surface area (Å²) in [6, 6.07) is 8.95. The zero-order valence-corrected chi connectivity index (χ0v) is 12.7. The Bertz CT molecular complexity index is 630. The van der Waals surface area contributed by atoms with Crippen LogP contribution in [0.5, 0.6) is 0 Å². The lowest BCUT2D eigenvalue weighted by Crippen LogP contribution is -2.17. The number of non-ortho nitro benzene ring substituents is 1. The lowest BCUT2D eigenvalue weighted by molar-refractivity contribution is -0.384. The lowest BCUT2D eigenvalue weighted by Gasteiger charge is -2.06. The molecular weight excluding hydrogens is 266 g/mol. The van der Waals surface area contributed by atoms with E-state index in [1.807, 2.05) is 12.1 Å². The molecule has 21 heavy (non-hydrogen) atoms. The van der Waals surface area contributed by atoms with Crippen molar-refractivity contribution in [2.45, 2.75) is 26.8 Å². The van der Waals surface area contributed by atoms with Crippen molar-refractivity contribution in [3.05, 3.63) is 63.0 Å². The van der Waals surface area contributed by atoms with Crippen LogP contribution in [0.15, 0.2) is 30.3 Å². The number of nitro benzene ring substituents is 1. The van der Waals surface area contributed by atoms with Gasteiger partial charge in [-0.2, -0.15) is 0 Å². The van der Waals surface area contributed by atoms with E-state index in [1.165, 1.54) is 17.0 Å². The Morgan fingerprint density at radius 1 is 1.24 bits per heavy atom. The first kappa shape index (κ1) is 15.3. The van der Waals surface area contributed by atoms with Gasteiger partial charge in [-0.1, -0.05) is 12.1 Å². The molecule has 0 saturated heterocycles. The minimum absolute atomic E-state index is 0.141. The highest BCUT2D eigenvalue weighted by atomic mass is 16.6. The second kappa shape index (κ2) is 6.54. The van der Waals surface area contributed by atoms with Crippen LogP contribution in [-0.2, 0) is 20.0 Å². The molecule has 2 rings (SSSR count). The molecule has 0 atom stereocenters. The molecule has 1 aromatic carbocycles. The molecular formula is C16H21N3O2. The number of aromatic nitrogens is 1. The predicted octanol–water partition coefficient (Wildman–Crippen LogP) is 2.88. The number of benzene rings is 1. The monoisotopic (exact) mass is 287 g/mol. The van der Waals surface area contributed by atoms with Crippen molar-refractivity contribution in [3.63, 3.8) is 0 Å². The number of aryl methyl sites for hydroxylation is 1. The predicted molar refractivity (Wildman–Crippen MR) is 83.4 cm³/mol. The van der Waals surface area contributed by atoms with Crippen molar-refractivity contribution >= 4 is 5.69 Å². The Morgan fingerprint density at radius 2 is 1.90 bits per heavy atom. The zero-order valence-electron chi connectivity index (χ0n) is 12.7. The maximum absolute atomic E-state index is 10.6. The van der Waals surface area contributed by atoms with Crippen molar-refractivity contribution in [2.24, 2.45) is 7.05 Å². The number of hydrogen-bond acceptors (Lipinski definition) is 3. The van der Waals surface area contributed by atoms with Gasteiger partial charge in [-0.3, -0.25) is 10.1 Å². The molecule has 0 spiro atoms. The van der Waals surface area contributed by atoms with Crippen molar-refractivity contribution in [1.82, 2.24) is 9.88 Å². The topological polar surface area (TPSA) is 60.1 Å². The normalized spacial score (nSPS) is 10.8. The summed E-state index contributed by atoms with van der Waals surface area (Å²) in [5.74, 6) is 0. The highest BCUT2D eigenvalue weighted by Gasteiger charge is 2.06. The van der Waals surface area contributed by atoms with Crippen LogP contribution in [0.1, 0.15) is 22.5 Å². The summed E-state index contributed by atoms with van der Waals surface area (Å²) in [6.45, 7) is 5.93. The fourth-order valence-corrected chi connectivity index (χ4v) is 2.35. The summed E-state index contributed by atoms with van der Waals surface area (Å²) >= 11 is 0. The van der Waals surface area contributed by atoms with Crippen LogP contribution in [-0.4, -0.2) is 16.0 Å². The SMILES string of the molecule is Cc1cc(CNCCc2ccc([N+](=O)[O-])cc2)c(C)n1C. The van der Waals surface area contributed by atoms with Gasteiger partial charge >= 0.3 is 0 Å². The van der Waals surface area contributed by atoms with Gasteiger partial charge in [0.15, 0.2) is 0 Å². The summed E-state index contributed by atoms with van der Waals surface area (Å²) in [5.41, 5.74) is 5.12. The molecule has 5 nitrogen and oxygen atoms in total. The van der Waals surface area contributed by atoms with E-state index in [2.05, 4.69) is 36.8 Å². The third-order valence-corrected chi connectivity index (χ3v) is 3.93. The molecule has 1 heterocycles. The standard InChI is InChI=1S/C16H21N3O2/c1-12-10-15(13(2)18(12)3)11-17-9-8-14-4-6-16(7-5-14)19(20)21/h4-7,10,17H,8-9,11H2,1-3H3.